The zero-order valence-electron chi connectivity index (χ0n) is 14.1. The summed E-state index contributed by atoms with van der Waals surface area (Å²) in [5, 5.41) is 17.4. The number of aryl methyl sites for hydroxylation is 1. The van der Waals surface area contributed by atoms with Gasteiger partial charge >= 0.3 is 11.8 Å². The summed E-state index contributed by atoms with van der Waals surface area (Å²) in [5.41, 5.74) is 1.50. The molecule has 2 amide bonds. The third-order valence-electron chi connectivity index (χ3n) is 3.79. The van der Waals surface area contributed by atoms with Crippen LogP contribution in [-0.4, -0.2) is 16.9 Å². The maximum atomic E-state index is 12.0. The molecule has 0 spiro atoms. The molecule has 0 saturated carbocycles. The lowest BCUT2D eigenvalue weighted by Crippen LogP contribution is -2.34. The number of aliphatic hydroxyl groups is 1. The SMILES string of the molecule is Cc1ccccc1NC(=O)C(=O)NCc1ccc(C(O)c2cccs2)s1. The van der Waals surface area contributed by atoms with E-state index in [9.17, 15) is 14.7 Å². The fourth-order valence-corrected chi connectivity index (χ4v) is 4.12. The van der Waals surface area contributed by atoms with Gasteiger partial charge in [-0.05, 0) is 42.1 Å². The van der Waals surface area contributed by atoms with Gasteiger partial charge in [-0.2, -0.15) is 0 Å². The van der Waals surface area contributed by atoms with E-state index < -0.39 is 17.9 Å². The van der Waals surface area contributed by atoms with E-state index >= 15 is 0 Å². The Morgan fingerprint density at radius 1 is 1.04 bits per heavy atom. The molecule has 0 bridgehead atoms. The number of rotatable bonds is 5. The monoisotopic (exact) mass is 386 g/mol. The lowest BCUT2D eigenvalue weighted by molar-refractivity contribution is -0.136. The van der Waals surface area contributed by atoms with Crippen LogP contribution in [0.1, 0.15) is 26.3 Å². The lowest BCUT2D eigenvalue weighted by atomic mass is 10.2. The van der Waals surface area contributed by atoms with Gasteiger partial charge in [-0.15, -0.1) is 22.7 Å². The molecular weight excluding hydrogens is 368 g/mol. The van der Waals surface area contributed by atoms with Crippen molar-refractivity contribution in [1.82, 2.24) is 5.32 Å². The highest BCUT2D eigenvalue weighted by Gasteiger charge is 2.16. The van der Waals surface area contributed by atoms with Crippen LogP contribution in [0.4, 0.5) is 5.69 Å². The topological polar surface area (TPSA) is 78.4 Å². The largest absolute Gasteiger partial charge is 0.382 e. The Morgan fingerprint density at radius 2 is 1.85 bits per heavy atom. The molecule has 3 rings (SSSR count). The molecule has 0 saturated heterocycles. The molecule has 0 fully saturated rings. The van der Waals surface area contributed by atoms with Crippen molar-refractivity contribution in [3.05, 3.63) is 74.1 Å². The molecule has 2 heterocycles. The quantitative estimate of drug-likeness (QED) is 0.588. The van der Waals surface area contributed by atoms with Gasteiger partial charge in [0.05, 0.1) is 6.54 Å². The second-order valence-electron chi connectivity index (χ2n) is 5.67. The summed E-state index contributed by atoms with van der Waals surface area (Å²) in [4.78, 5) is 26.5. The highest BCUT2D eigenvalue weighted by Crippen LogP contribution is 2.30. The summed E-state index contributed by atoms with van der Waals surface area (Å²) >= 11 is 2.90. The molecular formula is C19H18N2O3S2. The van der Waals surface area contributed by atoms with Crippen molar-refractivity contribution in [3.8, 4) is 0 Å². The van der Waals surface area contributed by atoms with Crippen LogP contribution < -0.4 is 10.6 Å². The Labute approximate surface area is 159 Å². The first-order valence-corrected chi connectivity index (χ1v) is 9.69. The molecule has 5 nitrogen and oxygen atoms in total. The molecule has 0 aliphatic rings. The normalized spacial score (nSPS) is 11.8. The van der Waals surface area contributed by atoms with Crippen LogP contribution in [0.2, 0.25) is 0 Å². The van der Waals surface area contributed by atoms with E-state index in [1.807, 2.05) is 48.7 Å². The first-order valence-electron chi connectivity index (χ1n) is 7.99. The Balaban J connectivity index is 1.55. The third-order valence-corrected chi connectivity index (χ3v) is 5.85. The maximum Gasteiger partial charge on any atom is 0.313 e. The van der Waals surface area contributed by atoms with Crippen LogP contribution in [0.5, 0.6) is 0 Å². The van der Waals surface area contributed by atoms with Crippen LogP contribution in [0.3, 0.4) is 0 Å². The van der Waals surface area contributed by atoms with Crippen molar-refractivity contribution in [2.24, 2.45) is 0 Å². The minimum absolute atomic E-state index is 0.238. The van der Waals surface area contributed by atoms with Crippen LogP contribution >= 0.6 is 22.7 Å². The molecule has 0 aliphatic heterocycles. The van der Waals surface area contributed by atoms with Gasteiger partial charge in [0.15, 0.2) is 0 Å². The molecule has 3 N–H and O–H groups in total. The summed E-state index contributed by atoms with van der Waals surface area (Å²) in [6, 6.07) is 14.7. The zero-order chi connectivity index (χ0) is 18.5. The van der Waals surface area contributed by atoms with E-state index in [0.717, 1.165) is 20.2 Å². The van der Waals surface area contributed by atoms with Crippen molar-refractivity contribution in [3.63, 3.8) is 0 Å². The van der Waals surface area contributed by atoms with Crippen molar-refractivity contribution in [2.45, 2.75) is 19.6 Å². The van der Waals surface area contributed by atoms with Crippen LogP contribution in [-0.2, 0) is 16.1 Å². The van der Waals surface area contributed by atoms with E-state index in [1.165, 1.54) is 22.7 Å². The number of aliphatic hydroxyl groups excluding tert-OH is 1. The molecule has 3 aromatic rings. The molecule has 134 valence electrons. The van der Waals surface area contributed by atoms with Gasteiger partial charge in [0, 0.05) is 20.3 Å². The Bertz CT molecular complexity index is 903. The average molecular weight is 386 g/mol. The second-order valence-corrected chi connectivity index (χ2v) is 7.85. The number of thiophene rings is 2. The Morgan fingerprint density at radius 3 is 2.58 bits per heavy atom. The van der Waals surface area contributed by atoms with Crippen molar-refractivity contribution < 1.29 is 14.7 Å². The van der Waals surface area contributed by atoms with Gasteiger partial charge < -0.3 is 15.7 Å². The van der Waals surface area contributed by atoms with Gasteiger partial charge in [0.2, 0.25) is 0 Å². The number of hydrogen-bond acceptors (Lipinski definition) is 5. The smallest absolute Gasteiger partial charge is 0.313 e. The predicted octanol–water partition coefficient (Wildman–Crippen LogP) is 3.45. The number of nitrogens with one attached hydrogen (secondary N) is 2. The number of carbonyl (C=O) groups is 2. The Hall–Kier alpha value is -2.48. The summed E-state index contributed by atoms with van der Waals surface area (Å²) in [7, 11) is 0. The molecule has 0 aliphatic carbocycles. The first kappa shape index (κ1) is 18.3. The van der Waals surface area contributed by atoms with Gasteiger partial charge in [0.25, 0.3) is 0 Å². The Kier molecular flexibility index (Phi) is 5.82. The van der Waals surface area contributed by atoms with Crippen molar-refractivity contribution in [1.29, 1.82) is 0 Å². The van der Waals surface area contributed by atoms with E-state index in [2.05, 4.69) is 10.6 Å². The molecule has 1 atom stereocenters. The molecule has 26 heavy (non-hydrogen) atoms. The minimum atomic E-state index is -0.699. The van der Waals surface area contributed by atoms with Crippen molar-refractivity contribution >= 4 is 40.2 Å². The molecule has 1 unspecified atom stereocenters. The standard InChI is InChI=1S/C19H18N2O3S2/c1-12-5-2-3-6-14(12)21-19(24)18(23)20-11-13-8-9-16(26-13)17(22)15-7-4-10-25-15/h2-10,17,22H,11H2,1H3,(H,20,23)(H,21,24). The van der Waals surface area contributed by atoms with Crippen LogP contribution in [0.15, 0.2) is 53.9 Å². The summed E-state index contributed by atoms with van der Waals surface area (Å²) < 4.78 is 0. The van der Waals surface area contributed by atoms with Crippen molar-refractivity contribution in [2.75, 3.05) is 5.32 Å². The van der Waals surface area contributed by atoms with E-state index in [4.69, 9.17) is 0 Å². The molecule has 7 heteroatoms. The number of benzene rings is 1. The number of para-hydroxylation sites is 1. The van der Waals surface area contributed by atoms with Crippen LogP contribution in [0.25, 0.3) is 0 Å². The summed E-state index contributed by atoms with van der Waals surface area (Å²) in [6.07, 6.45) is -0.659. The highest BCUT2D eigenvalue weighted by atomic mass is 32.1. The average Bonchev–Trinajstić information content (AvgIpc) is 3.33. The van der Waals surface area contributed by atoms with Gasteiger partial charge in [0.1, 0.15) is 6.10 Å². The highest BCUT2D eigenvalue weighted by molar-refractivity contribution is 7.12. The number of anilines is 1. The first-order chi connectivity index (χ1) is 12.5. The predicted molar refractivity (Wildman–Crippen MR) is 104 cm³/mol. The summed E-state index contributed by atoms with van der Waals surface area (Å²) in [5.74, 6) is -1.39. The van der Waals surface area contributed by atoms with E-state index in [-0.39, 0.29) is 6.54 Å². The molecule has 2 aromatic heterocycles. The zero-order valence-corrected chi connectivity index (χ0v) is 15.7. The molecule has 1 aromatic carbocycles. The third kappa shape index (κ3) is 4.37. The fraction of sp³-hybridized carbons (Fsp3) is 0.158. The van der Waals surface area contributed by atoms with Gasteiger partial charge in [-0.25, -0.2) is 0 Å². The van der Waals surface area contributed by atoms with Crippen LogP contribution in [0, 0.1) is 6.92 Å². The summed E-state index contributed by atoms with van der Waals surface area (Å²) in [6.45, 7) is 2.10. The van der Waals surface area contributed by atoms with Gasteiger partial charge in [-0.1, -0.05) is 24.3 Å². The fourth-order valence-electron chi connectivity index (χ4n) is 2.36. The number of amides is 2. The second kappa shape index (κ2) is 8.27. The minimum Gasteiger partial charge on any atom is -0.382 e. The number of hydrogen-bond donors (Lipinski definition) is 3. The number of carbonyl (C=O) groups excluding carboxylic acids is 2. The van der Waals surface area contributed by atoms with Gasteiger partial charge in [-0.3, -0.25) is 9.59 Å². The molecule has 0 radical (unpaired) electrons. The van der Waals surface area contributed by atoms with E-state index in [0.29, 0.717) is 5.69 Å². The maximum absolute atomic E-state index is 12.0. The lowest BCUT2D eigenvalue weighted by Gasteiger charge is -2.08. The van der Waals surface area contributed by atoms with E-state index in [1.54, 1.807) is 12.1 Å².